The Balaban J connectivity index is 1.17. The fourth-order valence-electron chi connectivity index (χ4n) is 4.09. The molecule has 0 atom stereocenters. The van der Waals surface area contributed by atoms with Crippen LogP contribution in [0, 0.1) is 6.92 Å². The monoisotopic (exact) mass is 421 g/mol. The molecule has 30 heavy (non-hydrogen) atoms. The lowest BCUT2D eigenvalue weighted by atomic mass is 10.0. The average Bonchev–Trinajstić information content (AvgIpc) is 3.19. The summed E-state index contributed by atoms with van der Waals surface area (Å²) in [5.74, 6) is 0.465. The topological polar surface area (TPSA) is 84.2 Å². The standard InChI is InChI=1S/C22H23N5O2S/c1-14-18(12-25-29-14)21(28)26-17-4-8-27(9-5-17)13-15-2-3-20-16(10-15)11-19-22(30-20)24-7-6-23-19/h2-3,6-7,10,12,17H,4-5,8-9,11,13H2,1H3,(H,26,28). The highest BCUT2D eigenvalue weighted by molar-refractivity contribution is 7.99. The molecule has 0 radical (unpaired) electrons. The van der Waals surface area contributed by atoms with Gasteiger partial charge in [-0.1, -0.05) is 29.1 Å². The molecule has 0 spiro atoms. The van der Waals surface area contributed by atoms with Gasteiger partial charge in [-0.25, -0.2) is 4.98 Å². The van der Waals surface area contributed by atoms with E-state index < -0.39 is 0 Å². The number of carbonyl (C=O) groups is 1. The Hall–Kier alpha value is -2.71. The molecule has 154 valence electrons. The van der Waals surface area contributed by atoms with Crippen LogP contribution in [-0.2, 0) is 13.0 Å². The first kappa shape index (κ1) is 19.3. The normalized spacial score (nSPS) is 16.7. The van der Waals surface area contributed by atoms with Crippen LogP contribution in [0.25, 0.3) is 0 Å². The van der Waals surface area contributed by atoms with E-state index in [0.717, 1.165) is 49.6 Å². The molecule has 0 aliphatic carbocycles. The maximum absolute atomic E-state index is 12.4. The second kappa shape index (κ2) is 8.20. The van der Waals surface area contributed by atoms with Gasteiger partial charge in [0, 0.05) is 49.4 Å². The molecule has 7 nitrogen and oxygen atoms in total. The van der Waals surface area contributed by atoms with Gasteiger partial charge in [-0.2, -0.15) is 0 Å². The molecule has 0 unspecified atom stereocenters. The summed E-state index contributed by atoms with van der Waals surface area (Å²) in [6.07, 6.45) is 7.74. The molecule has 2 aliphatic rings. The molecular weight excluding hydrogens is 398 g/mol. The van der Waals surface area contributed by atoms with Gasteiger partial charge in [0.05, 0.1) is 11.9 Å². The lowest BCUT2D eigenvalue weighted by Gasteiger charge is -2.32. The number of likely N-dealkylation sites (tertiary alicyclic amines) is 1. The first-order valence-corrected chi connectivity index (χ1v) is 11.0. The van der Waals surface area contributed by atoms with E-state index in [-0.39, 0.29) is 11.9 Å². The van der Waals surface area contributed by atoms with E-state index in [2.05, 4.69) is 43.5 Å². The molecule has 1 fully saturated rings. The van der Waals surface area contributed by atoms with E-state index >= 15 is 0 Å². The summed E-state index contributed by atoms with van der Waals surface area (Å²) in [6.45, 7) is 4.62. The van der Waals surface area contributed by atoms with E-state index in [1.165, 1.54) is 22.2 Å². The van der Waals surface area contributed by atoms with Crippen LogP contribution in [0.3, 0.4) is 0 Å². The molecule has 5 rings (SSSR count). The van der Waals surface area contributed by atoms with Gasteiger partial charge in [-0.3, -0.25) is 14.7 Å². The zero-order valence-electron chi connectivity index (χ0n) is 16.8. The minimum atomic E-state index is -0.0947. The van der Waals surface area contributed by atoms with Crippen LogP contribution < -0.4 is 5.32 Å². The fourth-order valence-corrected chi connectivity index (χ4v) is 5.05. The quantitative estimate of drug-likeness (QED) is 0.542. The number of aromatic nitrogens is 3. The van der Waals surface area contributed by atoms with Crippen molar-refractivity contribution in [2.75, 3.05) is 13.1 Å². The molecular formula is C22H23N5O2S. The van der Waals surface area contributed by atoms with Gasteiger partial charge in [0.2, 0.25) is 0 Å². The third-order valence-corrected chi connectivity index (χ3v) is 6.90. The van der Waals surface area contributed by atoms with E-state index in [9.17, 15) is 4.79 Å². The van der Waals surface area contributed by atoms with Crippen LogP contribution in [0.1, 0.15) is 45.8 Å². The van der Waals surface area contributed by atoms with Crippen molar-refractivity contribution in [3.05, 3.63) is 64.9 Å². The van der Waals surface area contributed by atoms with Crippen LogP contribution in [-0.4, -0.2) is 45.1 Å². The Labute approximate surface area is 179 Å². The van der Waals surface area contributed by atoms with Gasteiger partial charge >= 0.3 is 0 Å². The summed E-state index contributed by atoms with van der Waals surface area (Å²) in [5.41, 5.74) is 4.24. The number of aryl methyl sites for hydroxylation is 1. The largest absolute Gasteiger partial charge is 0.361 e. The molecule has 2 aromatic heterocycles. The number of hydrogen-bond acceptors (Lipinski definition) is 7. The van der Waals surface area contributed by atoms with Crippen LogP contribution in [0.4, 0.5) is 0 Å². The molecule has 1 aromatic carbocycles. The number of amides is 1. The van der Waals surface area contributed by atoms with Gasteiger partial charge in [0.25, 0.3) is 5.91 Å². The maximum atomic E-state index is 12.4. The molecule has 4 heterocycles. The van der Waals surface area contributed by atoms with Crippen LogP contribution in [0.5, 0.6) is 0 Å². The number of benzene rings is 1. The summed E-state index contributed by atoms with van der Waals surface area (Å²) >= 11 is 1.70. The third-order valence-electron chi connectivity index (χ3n) is 5.75. The molecule has 0 bridgehead atoms. The Morgan fingerprint density at radius 1 is 1.27 bits per heavy atom. The fraction of sp³-hybridized carbons (Fsp3) is 0.364. The van der Waals surface area contributed by atoms with E-state index in [1.807, 2.05) is 0 Å². The first-order chi connectivity index (χ1) is 14.7. The van der Waals surface area contributed by atoms with Crippen molar-refractivity contribution in [2.45, 2.75) is 48.7 Å². The highest BCUT2D eigenvalue weighted by Crippen LogP contribution is 2.37. The second-order valence-corrected chi connectivity index (χ2v) is 8.88. The van der Waals surface area contributed by atoms with Gasteiger partial charge < -0.3 is 9.84 Å². The van der Waals surface area contributed by atoms with Gasteiger partial charge in [0.15, 0.2) is 0 Å². The Bertz CT molecular complexity index is 1070. The second-order valence-electron chi connectivity index (χ2n) is 7.85. The van der Waals surface area contributed by atoms with Crippen molar-refractivity contribution in [3.8, 4) is 0 Å². The predicted octanol–water partition coefficient (Wildman–Crippen LogP) is 3.22. The molecule has 3 aromatic rings. The SMILES string of the molecule is Cc1oncc1C(=O)NC1CCN(Cc2ccc3c(c2)Cc2nccnc2S3)CC1. The summed E-state index contributed by atoms with van der Waals surface area (Å²) in [4.78, 5) is 25.0. The van der Waals surface area contributed by atoms with Crippen LogP contribution in [0.15, 0.2) is 51.2 Å². The number of rotatable bonds is 4. The third kappa shape index (κ3) is 3.97. The smallest absolute Gasteiger partial charge is 0.256 e. The molecule has 1 N–H and O–H groups in total. The molecule has 1 saturated heterocycles. The number of fused-ring (bicyclic) bond motifs is 2. The average molecular weight is 422 g/mol. The highest BCUT2D eigenvalue weighted by atomic mass is 32.2. The van der Waals surface area contributed by atoms with Crippen LogP contribution in [0.2, 0.25) is 0 Å². The minimum Gasteiger partial charge on any atom is -0.361 e. The van der Waals surface area contributed by atoms with E-state index in [4.69, 9.17) is 4.52 Å². The summed E-state index contributed by atoms with van der Waals surface area (Å²) < 4.78 is 4.99. The Morgan fingerprint density at radius 3 is 2.90 bits per heavy atom. The number of nitrogens with zero attached hydrogens (tertiary/aromatic N) is 4. The summed E-state index contributed by atoms with van der Waals surface area (Å²) in [5, 5.41) is 7.82. The summed E-state index contributed by atoms with van der Waals surface area (Å²) in [6, 6.07) is 6.93. The molecule has 0 saturated carbocycles. The predicted molar refractivity (Wildman–Crippen MR) is 112 cm³/mol. The van der Waals surface area contributed by atoms with Crippen molar-refractivity contribution in [2.24, 2.45) is 0 Å². The lowest BCUT2D eigenvalue weighted by molar-refractivity contribution is 0.0907. The molecule has 2 aliphatic heterocycles. The van der Waals surface area contributed by atoms with Gasteiger partial charge in [-0.05, 0) is 37.0 Å². The van der Waals surface area contributed by atoms with Crippen molar-refractivity contribution < 1.29 is 9.32 Å². The number of hydrogen-bond donors (Lipinski definition) is 1. The van der Waals surface area contributed by atoms with Crippen molar-refractivity contribution in [1.82, 2.24) is 25.3 Å². The minimum absolute atomic E-state index is 0.0947. The van der Waals surface area contributed by atoms with Crippen molar-refractivity contribution in [1.29, 1.82) is 0 Å². The van der Waals surface area contributed by atoms with Crippen molar-refractivity contribution >= 4 is 17.7 Å². The zero-order valence-corrected chi connectivity index (χ0v) is 17.6. The zero-order chi connectivity index (χ0) is 20.5. The van der Waals surface area contributed by atoms with Gasteiger partial charge in [0.1, 0.15) is 16.3 Å². The van der Waals surface area contributed by atoms with E-state index in [0.29, 0.717) is 11.3 Å². The number of nitrogens with one attached hydrogen (secondary N) is 1. The first-order valence-electron chi connectivity index (χ1n) is 10.2. The lowest BCUT2D eigenvalue weighted by Crippen LogP contribution is -2.44. The summed E-state index contributed by atoms with van der Waals surface area (Å²) in [7, 11) is 0. The van der Waals surface area contributed by atoms with Crippen LogP contribution >= 0.6 is 11.8 Å². The van der Waals surface area contributed by atoms with Crippen molar-refractivity contribution in [3.63, 3.8) is 0 Å². The molecule has 1 amide bonds. The Morgan fingerprint density at radius 2 is 2.10 bits per heavy atom. The molecule has 8 heteroatoms. The Kier molecular flexibility index (Phi) is 5.26. The maximum Gasteiger partial charge on any atom is 0.256 e. The highest BCUT2D eigenvalue weighted by Gasteiger charge is 2.23. The number of piperidine rings is 1. The van der Waals surface area contributed by atoms with Gasteiger partial charge in [-0.15, -0.1) is 0 Å². The number of carbonyl (C=O) groups excluding carboxylic acids is 1. The van der Waals surface area contributed by atoms with E-state index in [1.54, 1.807) is 31.1 Å².